The zero-order valence-electron chi connectivity index (χ0n) is 13.5. The number of nitrogens with one attached hydrogen (secondary N) is 1. The molecule has 130 valence electrons. The molecule has 0 aromatic heterocycles. The molecular weight excluding hydrogens is 328 g/mol. The minimum Gasteiger partial charge on any atom is -0.467 e. The molecule has 2 aromatic rings. The van der Waals surface area contributed by atoms with Crippen molar-refractivity contribution in [3.63, 3.8) is 0 Å². The van der Waals surface area contributed by atoms with E-state index in [1.165, 1.54) is 7.11 Å². The molecule has 0 aliphatic carbocycles. The topological polar surface area (TPSA) is 55.4 Å². The van der Waals surface area contributed by atoms with Gasteiger partial charge in [0.15, 0.2) is 0 Å². The van der Waals surface area contributed by atoms with Gasteiger partial charge in [0.1, 0.15) is 17.7 Å². The van der Waals surface area contributed by atoms with E-state index < -0.39 is 29.6 Å². The molecule has 0 fully saturated rings. The van der Waals surface area contributed by atoms with Crippen LogP contribution >= 0.6 is 0 Å². The highest BCUT2D eigenvalue weighted by Crippen LogP contribution is 2.11. The minimum atomic E-state index is -0.999. The summed E-state index contributed by atoms with van der Waals surface area (Å²) in [5.74, 6) is -3.26. The molecule has 4 nitrogen and oxygen atoms in total. The average molecular weight is 345 g/mol. The van der Waals surface area contributed by atoms with Crippen LogP contribution in [0.5, 0.6) is 0 Å². The second-order valence-electron chi connectivity index (χ2n) is 5.22. The Labute approximate surface area is 144 Å². The molecule has 1 N–H and O–H groups in total. The summed E-state index contributed by atoms with van der Waals surface area (Å²) in [6.07, 6.45) is 3.66. The van der Waals surface area contributed by atoms with Crippen LogP contribution < -0.4 is 5.32 Å². The first-order valence-corrected chi connectivity index (χ1v) is 7.56. The smallest absolute Gasteiger partial charge is 0.328 e. The molecule has 25 heavy (non-hydrogen) atoms. The number of hydrogen-bond acceptors (Lipinski definition) is 3. The maximum absolute atomic E-state index is 13.7. The normalized spacial score (nSPS) is 12.0. The first kappa shape index (κ1) is 18.3. The second kappa shape index (κ2) is 8.73. The van der Waals surface area contributed by atoms with E-state index in [0.29, 0.717) is 6.07 Å². The lowest BCUT2D eigenvalue weighted by Gasteiger charge is -2.15. The van der Waals surface area contributed by atoms with Gasteiger partial charge >= 0.3 is 5.97 Å². The van der Waals surface area contributed by atoms with Gasteiger partial charge in [0.2, 0.25) is 0 Å². The van der Waals surface area contributed by atoms with Crippen molar-refractivity contribution in [3.8, 4) is 0 Å². The molecule has 0 aliphatic heterocycles. The van der Waals surface area contributed by atoms with Crippen LogP contribution in [0, 0.1) is 11.6 Å². The van der Waals surface area contributed by atoms with Crippen molar-refractivity contribution in [2.45, 2.75) is 12.5 Å². The van der Waals surface area contributed by atoms with Crippen LogP contribution in [0.1, 0.15) is 22.3 Å². The fraction of sp³-hybridized carbons (Fsp3) is 0.158. The highest BCUT2D eigenvalue weighted by Gasteiger charge is 2.22. The third-order valence-corrected chi connectivity index (χ3v) is 3.45. The number of carbonyl (C=O) groups is 2. The monoisotopic (exact) mass is 345 g/mol. The predicted molar refractivity (Wildman–Crippen MR) is 89.7 cm³/mol. The van der Waals surface area contributed by atoms with Crippen molar-refractivity contribution in [1.29, 1.82) is 0 Å². The molecule has 0 spiro atoms. The summed E-state index contributed by atoms with van der Waals surface area (Å²) in [7, 11) is 1.20. The molecule has 0 bridgehead atoms. The number of ether oxygens (including phenoxy) is 1. The quantitative estimate of drug-likeness (QED) is 0.817. The minimum absolute atomic E-state index is 0.163. The summed E-state index contributed by atoms with van der Waals surface area (Å²) in [5, 5.41) is 2.40. The fourth-order valence-electron chi connectivity index (χ4n) is 2.17. The molecule has 2 rings (SSSR count). The molecule has 0 aliphatic rings. The summed E-state index contributed by atoms with van der Waals surface area (Å²) >= 11 is 0. The number of halogens is 2. The van der Waals surface area contributed by atoms with Gasteiger partial charge in [-0.2, -0.15) is 0 Å². The van der Waals surface area contributed by atoms with E-state index in [0.717, 1.165) is 17.7 Å². The zero-order chi connectivity index (χ0) is 18.2. The maximum Gasteiger partial charge on any atom is 0.328 e. The molecule has 0 unspecified atom stereocenters. The van der Waals surface area contributed by atoms with Gasteiger partial charge in [0.25, 0.3) is 5.91 Å². The molecule has 0 heterocycles. The van der Waals surface area contributed by atoms with E-state index in [-0.39, 0.29) is 12.0 Å². The Morgan fingerprint density at radius 2 is 1.88 bits per heavy atom. The summed E-state index contributed by atoms with van der Waals surface area (Å²) in [4.78, 5) is 24.0. The fourth-order valence-corrected chi connectivity index (χ4v) is 2.17. The largest absolute Gasteiger partial charge is 0.467 e. The molecule has 0 saturated heterocycles. The molecule has 0 saturated carbocycles. The van der Waals surface area contributed by atoms with Crippen LogP contribution in [0.4, 0.5) is 8.78 Å². The highest BCUT2D eigenvalue weighted by molar-refractivity contribution is 5.97. The van der Waals surface area contributed by atoms with E-state index >= 15 is 0 Å². The van der Waals surface area contributed by atoms with E-state index in [1.807, 2.05) is 30.3 Å². The third-order valence-electron chi connectivity index (χ3n) is 3.45. The SMILES string of the molecule is COC(=O)[C@H](C/C=C/c1ccccc1)NC(=O)c1ccc(F)cc1F. The van der Waals surface area contributed by atoms with Gasteiger partial charge < -0.3 is 10.1 Å². The van der Waals surface area contributed by atoms with Gasteiger partial charge in [-0.3, -0.25) is 4.79 Å². The summed E-state index contributed by atoms with van der Waals surface area (Å²) in [6.45, 7) is 0. The van der Waals surface area contributed by atoms with E-state index in [9.17, 15) is 18.4 Å². The van der Waals surface area contributed by atoms with Crippen molar-refractivity contribution < 1.29 is 23.1 Å². The standard InChI is InChI=1S/C19H17F2NO3/c1-25-19(24)17(9-5-8-13-6-3-2-4-7-13)22-18(23)15-11-10-14(20)12-16(15)21/h2-8,10-12,17H,9H2,1H3,(H,22,23)/b8-5+/t17-/m0/s1. The van der Waals surface area contributed by atoms with Crippen LogP contribution in [0.25, 0.3) is 6.08 Å². The van der Waals surface area contributed by atoms with Gasteiger partial charge in [-0.25, -0.2) is 13.6 Å². The predicted octanol–water partition coefficient (Wildman–Crippen LogP) is 3.34. The van der Waals surface area contributed by atoms with Crippen LogP contribution in [0.2, 0.25) is 0 Å². The molecule has 6 heteroatoms. The van der Waals surface area contributed by atoms with Crippen molar-refractivity contribution >= 4 is 18.0 Å². The summed E-state index contributed by atoms with van der Waals surface area (Å²) < 4.78 is 31.3. The van der Waals surface area contributed by atoms with Crippen LogP contribution in [0.15, 0.2) is 54.6 Å². The number of benzene rings is 2. The van der Waals surface area contributed by atoms with Crippen LogP contribution in [-0.2, 0) is 9.53 Å². The highest BCUT2D eigenvalue weighted by atomic mass is 19.1. The number of rotatable bonds is 6. The van der Waals surface area contributed by atoms with Gasteiger partial charge in [0.05, 0.1) is 12.7 Å². The molecular formula is C19H17F2NO3. The summed E-state index contributed by atoms with van der Waals surface area (Å²) in [5.41, 5.74) is 0.587. The average Bonchev–Trinajstić information content (AvgIpc) is 2.61. The molecule has 1 atom stereocenters. The Bertz CT molecular complexity index is 775. The van der Waals surface area contributed by atoms with Gasteiger partial charge in [-0.15, -0.1) is 0 Å². The van der Waals surface area contributed by atoms with Crippen molar-refractivity contribution in [2.24, 2.45) is 0 Å². The van der Waals surface area contributed by atoms with Crippen LogP contribution in [0.3, 0.4) is 0 Å². The van der Waals surface area contributed by atoms with Gasteiger partial charge in [0, 0.05) is 6.07 Å². The van der Waals surface area contributed by atoms with Crippen LogP contribution in [-0.4, -0.2) is 25.0 Å². The molecule has 0 radical (unpaired) electrons. The zero-order valence-corrected chi connectivity index (χ0v) is 13.5. The Morgan fingerprint density at radius 1 is 1.16 bits per heavy atom. The van der Waals surface area contributed by atoms with E-state index in [4.69, 9.17) is 0 Å². The van der Waals surface area contributed by atoms with Crippen molar-refractivity contribution in [2.75, 3.05) is 7.11 Å². The lowest BCUT2D eigenvalue weighted by molar-refractivity contribution is -0.142. The lowest BCUT2D eigenvalue weighted by atomic mass is 10.1. The number of carbonyl (C=O) groups excluding carboxylic acids is 2. The molecule has 2 aromatic carbocycles. The number of methoxy groups -OCH3 is 1. The Hall–Kier alpha value is -3.02. The third kappa shape index (κ3) is 5.24. The maximum atomic E-state index is 13.7. The molecule has 1 amide bonds. The first-order valence-electron chi connectivity index (χ1n) is 7.56. The first-order chi connectivity index (χ1) is 12.0. The Morgan fingerprint density at radius 3 is 2.52 bits per heavy atom. The van der Waals surface area contributed by atoms with Crippen molar-refractivity contribution in [1.82, 2.24) is 5.32 Å². The van der Waals surface area contributed by atoms with Gasteiger partial charge in [-0.05, 0) is 24.1 Å². The van der Waals surface area contributed by atoms with Gasteiger partial charge in [-0.1, -0.05) is 42.5 Å². The summed E-state index contributed by atoms with van der Waals surface area (Å²) in [6, 6.07) is 11.0. The lowest BCUT2D eigenvalue weighted by Crippen LogP contribution is -2.41. The second-order valence-corrected chi connectivity index (χ2v) is 5.22. The number of esters is 1. The Kier molecular flexibility index (Phi) is 6.39. The Balaban J connectivity index is 2.08. The van der Waals surface area contributed by atoms with E-state index in [1.54, 1.807) is 12.2 Å². The van der Waals surface area contributed by atoms with Crippen molar-refractivity contribution in [3.05, 3.63) is 77.4 Å². The van der Waals surface area contributed by atoms with E-state index in [2.05, 4.69) is 10.1 Å². The number of hydrogen-bond donors (Lipinski definition) is 1. The number of amides is 1.